The first-order valence-electron chi connectivity index (χ1n) is 7.91. The molecule has 1 aliphatic rings. The van der Waals surface area contributed by atoms with Crippen LogP contribution >= 0.6 is 0 Å². The van der Waals surface area contributed by atoms with E-state index in [2.05, 4.69) is 4.98 Å². The second kappa shape index (κ2) is 7.09. The number of rotatable bonds is 4. The Morgan fingerprint density at radius 1 is 1.16 bits per heavy atom. The number of H-pyrrole nitrogens is 1. The van der Waals surface area contributed by atoms with Crippen molar-refractivity contribution in [3.05, 3.63) is 53.9 Å². The Bertz CT molecular complexity index is 892. The van der Waals surface area contributed by atoms with Crippen LogP contribution in [0.5, 0.6) is 0 Å². The topological polar surface area (TPSA) is 97.3 Å². The van der Waals surface area contributed by atoms with Gasteiger partial charge in [-0.15, -0.1) is 0 Å². The van der Waals surface area contributed by atoms with E-state index in [4.69, 9.17) is 5.26 Å². The molecule has 0 bridgehead atoms. The SMILES string of the molecule is N#Cc1ccccc1S(=O)(=O)N1CCN(C(=O)Cc2cc[nH]c2)CC1. The summed E-state index contributed by atoms with van der Waals surface area (Å²) in [5, 5.41) is 9.13. The van der Waals surface area contributed by atoms with Gasteiger partial charge in [-0.3, -0.25) is 4.79 Å². The Morgan fingerprint density at radius 2 is 1.88 bits per heavy atom. The number of aromatic amines is 1. The maximum Gasteiger partial charge on any atom is 0.244 e. The summed E-state index contributed by atoms with van der Waals surface area (Å²) in [6, 6.07) is 9.93. The molecule has 1 aromatic heterocycles. The molecule has 0 saturated carbocycles. The Labute approximate surface area is 146 Å². The second-order valence-electron chi connectivity index (χ2n) is 5.79. The molecule has 8 heteroatoms. The van der Waals surface area contributed by atoms with Crippen molar-refractivity contribution in [1.29, 1.82) is 5.26 Å². The third-order valence-electron chi connectivity index (χ3n) is 4.23. The minimum atomic E-state index is -3.74. The van der Waals surface area contributed by atoms with E-state index >= 15 is 0 Å². The fourth-order valence-corrected chi connectivity index (χ4v) is 4.42. The summed E-state index contributed by atoms with van der Waals surface area (Å²) in [4.78, 5) is 16.9. The summed E-state index contributed by atoms with van der Waals surface area (Å²) >= 11 is 0. The molecule has 0 radical (unpaired) electrons. The van der Waals surface area contributed by atoms with Crippen LogP contribution in [0.1, 0.15) is 11.1 Å². The molecule has 0 aliphatic carbocycles. The van der Waals surface area contributed by atoms with Gasteiger partial charge in [0.05, 0.1) is 16.9 Å². The van der Waals surface area contributed by atoms with Crippen LogP contribution in [0.15, 0.2) is 47.6 Å². The molecule has 0 spiro atoms. The Hall–Kier alpha value is -2.63. The highest BCUT2D eigenvalue weighted by atomic mass is 32.2. The lowest BCUT2D eigenvalue weighted by atomic mass is 10.2. The normalized spacial score (nSPS) is 15.7. The molecule has 1 saturated heterocycles. The lowest BCUT2D eigenvalue weighted by Crippen LogP contribution is -2.50. The van der Waals surface area contributed by atoms with Crippen molar-refractivity contribution in [2.45, 2.75) is 11.3 Å². The van der Waals surface area contributed by atoms with Gasteiger partial charge in [0.25, 0.3) is 0 Å². The van der Waals surface area contributed by atoms with Gasteiger partial charge in [0, 0.05) is 38.6 Å². The van der Waals surface area contributed by atoms with Gasteiger partial charge in [-0.05, 0) is 23.8 Å². The zero-order valence-corrected chi connectivity index (χ0v) is 14.4. The van der Waals surface area contributed by atoms with Crippen molar-refractivity contribution in [1.82, 2.24) is 14.2 Å². The Balaban J connectivity index is 1.67. The lowest BCUT2D eigenvalue weighted by molar-refractivity contribution is -0.131. The number of aromatic nitrogens is 1. The second-order valence-corrected chi connectivity index (χ2v) is 7.70. The molecule has 1 aromatic carbocycles. The third-order valence-corrected chi connectivity index (χ3v) is 6.19. The number of carbonyl (C=O) groups is 1. The van der Waals surface area contributed by atoms with E-state index in [1.165, 1.54) is 16.4 Å². The van der Waals surface area contributed by atoms with E-state index in [1.807, 2.05) is 12.1 Å². The monoisotopic (exact) mass is 358 g/mol. The number of sulfonamides is 1. The summed E-state index contributed by atoms with van der Waals surface area (Å²) in [7, 11) is -3.74. The van der Waals surface area contributed by atoms with Gasteiger partial charge in [0.2, 0.25) is 15.9 Å². The first-order chi connectivity index (χ1) is 12.0. The highest BCUT2D eigenvalue weighted by Gasteiger charge is 2.31. The summed E-state index contributed by atoms with van der Waals surface area (Å²) < 4.78 is 26.9. The van der Waals surface area contributed by atoms with Crippen LogP contribution in [0.2, 0.25) is 0 Å². The number of hydrogen-bond donors (Lipinski definition) is 1. The first kappa shape index (κ1) is 17.2. The summed E-state index contributed by atoms with van der Waals surface area (Å²) in [6.07, 6.45) is 3.84. The van der Waals surface area contributed by atoms with E-state index in [0.717, 1.165) is 5.56 Å². The molecule has 3 rings (SSSR count). The van der Waals surface area contributed by atoms with Crippen molar-refractivity contribution >= 4 is 15.9 Å². The number of amides is 1. The Kier molecular flexibility index (Phi) is 4.88. The predicted octanol–water partition coefficient (Wildman–Crippen LogP) is 0.962. The molecule has 130 valence electrons. The predicted molar refractivity (Wildman–Crippen MR) is 91.0 cm³/mol. The highest BCUT2D eigenvalue weighted by Crippen LogP contribution is 2.21. The molecule has 1 N–H and O–H groups in total. The lowest BCUT2D eigenvalue weighted by Gasteiger charge is -2.34. The van der Waals surface area contributed by atoms with Crippen LogP contribution in [0.4, 0.5) is 0 Å². The fraction of sp³-hybridized carbons (Fsp3) is 0.294. The maximum atomic E-state index is 12.8. The van der Waals surface area contributed by atoms with Gasteiger partial charge in [-0.25, -0.2) is 8.42 Å². The highest BCUT2D eigenvalue weighted by molar-refractivity contribution is 7.89. The summed E-state index contributed by atoms with van der Waals surface area (Å²) in [5.74, 6) is -0.0194. The summed E-state index contributed by atoms with van der Waals surface area (Å²) in [5.41, 5.74) is 1.04. The zero-order chi connectivity index (χ0) is 17.9. The molecular formula is C17H18N4O3S. The third kappa shape index (κ3) is 3.57. The van der Waals surface area contributed by atoms with Crippen LogP contribution in [0, 0.1) is 11.3 Å². The average molecular weight is 358 g/mol. The van der Waals surface area contributed by atoms with Crippen molar-refractivity contribution in [3.8, 4) is 6.07 Å². The largest absolute Gasteiger partial charge is 0.367 e. The van der Waals surface area contributed by atoms with Gasteiger partial charge in [-0.1, -0.05) is 12.1 Å². The van der Waals surface area contributed by atoms with Crippen molar-refractivity contribution in [2.24, 2.45) is 0 Å². The van der Waals surface area contributed by atoms with Gasteiger partial charge < -0.3 is 9.88 Å². The van der Waals surface area contributed by atoms with Gasteiger partial charge >= 0.3 is 0 Å². The van der Waals surface area contributed by atoms with E-state index in [9.17, 15) is 13.2 Å². The van der Waals surface area contributed by atoms with Crippen LogP contribution in [0.25, 0.3) is 0 Å². The van der Waals surface area contributed by atoms with Crippen LogP contribution in [-0.4, -0.2) is 54.7 Å². The first-order valence-corrected chi connectivity index (χ1v) is 9.35. The van der Waals surface area contributed by atoms with E-state index < -0.39 is 10.0 Å². The zero-order valence-electron chi connectivity index (χ0n) is 13.6. The fourth-order valence-electron chi connectivity index (χ4n) is 2.86. The Morgan fingerprint density at radius 3 is 2.52 bits per heavy atom. The number of nitriles is 1. The van der Waals surface area contributed by atoms with Gasteiger partial charge in [0.1, 0.15) is 6.07 Å². The van der Waals surface area contributed by atoms with Gasteiger partial charge in [-0.2, -0.15) is 9.57 Å². The molecule has 1 amide bonds. The van der Waals surface area contributed by atoms with E-state index in [1.54, 1.807) is 29.4 Å². The molecule has 2 aromatic rings. The number of hydrogen-bond acceptors (Lipinski definition) is 4. The number of nitrogens with one attached hydrogen (secondary N) is 1. The van der Waals surface area contributed by atoms with Gasteiger partial charge in [0.15, 0.2) is 0 Å². The van der Waals surface area contributed by atoms with Crippen LogP contribution in [-0.2, 0) is 21.2 Å². The van der Waals surface area contributed by atoms with Crippen molar-refractivity contribution in [3.63, 3.8) is 0 Å². The van der Waals surface area contributed by atoms with Crippen molar-refractivity contribution < 1.29 is 13.2 Å². The molecule has 2 heterocycles. The maximum absolute atomic E-state index is 12.8. The molecule has 7 nitrogen and oxygen atoms in total. The smallest absolute Gasteiger partial charge is 0.244 e. The molecular weight excluding hydrogens is 340 g/mol. The number of piperazine rings is 1. The molecule has 0 atom stereocenters. The number of nitrogens with zero attached hydrogens (tertiary/aromatic N) is 3. The molecule has 1 fully saturated rings. The van der Waals surface area contributed by atoms with Crippen LogP contribution in [0.3, 0.4) is 0 Å². The molecule has 0 unspecified atom stereocenters. The molecule has 25 heavy (non-hydrogen) atoms. The minimum absolute atomic E-state index is 0.0181. The minimum Gasteiger partial charge on any atom is -0.367 e. The average Bonchev–Trinajstić information content (AvgIpc) is 3.14. The number of benzene rings is 1. The number of carbonyl (C=O) groups excluding carboxylic acids is 1. The van der Waals surface area contributed by atoms with Crippen molar-refractivity contribution in [2.75, 3.05) is 26.2 Å². The van der Waals surface area contributed by atoms with E-state index in [0.29, 0.717) is 19.5 Å². The van der Waals surface area contributed by atoms with E-state index in [-0.39, 0.29) is 29.5 Å². The quantitative estimate of drug-likeness (QED) is 0.880. The standard InChI is InChI=1S/C17H18N4O3S/c18-12-15-3-1-2-4-16(15)25(23,24)21-9-7-20(8-10-21)17(22)11-14-5-6-19-13-14/h1-6,13,19H,7-11H2. The summed E-state index contributed by atoms with van der Waals surface area (Å²) in [6.45, 7) is 1.14. The van der Waals surface area contributed by atoms with Crippen LogP contribution < -0.4 is 0 Å². The molecule has 1 aliphatic heterocycles.